The zero-order chi connectivity index (χ0) is 13.8. The van der Waals surface area contributed by atoms with Gasteiger partial charge < -0.3 is 4.74 Å². The predicted molar refractivity (Wildman–Crippen MR) is 79.1 cm³/mol. The number of hydrogen-bond acceptors (Lipinski definition) is 3. The lowest BCUT2D eigenvalue weighted by Gasteiger charge is -2.29. The Morgan fingerprint density at radius 3 is 3.00 bits per heavy atom. The Morgan fingerprint density at radius 2 is 2.26 bits per heavy atom. The monoisotopic (exact) mass is 325 g/mol. The molecule has 1 aliphatic heterocycles. The molecule has 0 spiro atoms. The maximum absolute atomic E-state index is 11.4. The van der Waals surface area contributed by atoms with Gasteiger partial charge in [-0.3, -0.25) is 9.69 Å². The van der Waals surface area contributed by atoms with E-state index in [9.17, 15) is 4.79 Å². The number of ether oxygens (including phenoxy) is 1. The predicted octanol–water partition coefficient (Wildman–Crippen LogP) is 3.07. The molecule has 0 amide bonds. The van der Waals surface area contributed by atoms with Crippen LogP contribution in [0.4, 0.5) is 0 Å². The Kier molecular flexibility index (Phi) is 4.99. The van der Waals surface area contributed by atoms with E-state index in [1.807, 2.05) is 6.92 Å². The van der Waals surface area contributed by atoms with Crippen LogP contribution in [-0.4, -0.2) is 30.6 Å². The molecule has 0 saturated heterocycles. The smallest absolute Gasteiger partial charge is 0.307 e. The quantitative estimate of drug-likeness (QED) is 0.797. The van der Waals surface area contributed by atoms with Crippen LogP contribution in [0.2, 0.25) is 0 Å². The normalized spacial score (nSPS) is 15.1. The van der Waals surface area contributed by atoms with Crippen LogP contribution in [0.3, 0.4) is 0 Å². The molecular weight excluding hydrogens is 306 g/mol. The Balaban J connectivity index is 1.96. The molecule has 0 aromatic heterocycles. The van der Waals surface area contributed by atoms with Crippen molar-refractivity contribution in [3.05, 3.63) is 33.3 Å². The highest BCUT2D eigenvalue weighted by molar-refractivity contribution is 9.10. The van der Waals surface area contributed by atoms with Gasteiger partial charge in [0.25, 0.3) is 0 Å². The number of hydrogen-bond donors (Lipinski definition) is 0. The SMILES string of the molecule is CCOC(=O)CCN1CCc2c(C)cc(Br)cc2C1. The van der Waals surface area contributed by atoms with Gasteiger partial charge in [-0.15, -0.1) is 0 Å². The molecule has 0 N–H and O–H groups in total. The number of benzene rings is 1. The Labute approximate surface area is 123 Å². The summed E-state index contributed by atoms with van der Waals surface area (Å²) in [6.07, 6.45) is 1.55. The minimum atomic E-state index is -0.0984. The molecule has 3 nitrogen and oxygen atoms in total. The molecule has 0 bridgehead atoms. The summed E-state index contributed by atoms with van der Waals surface area (Å²) in [5, 5.41) is 0. The van der Waals surface area contributed by atoms with E-state index in [4.69, 9.17) is 4.74 Å². The van der Waals surface area contributed by atoms with Crippen molar-refractivity contribution in [2.45, 2.75) is 33.2 Å². The molecule has 0 atom stereocenters. The van der Waals surface area contributed by atoms with Crippen molar-refractivity contribution >= 4 is 21.9 Å². The van der Waals surface area contributed by atoms with Crippen LogP contribution in [0.1, 0.15) is 30.0 Å². The second-order valence-corrected chi connectivity index (χ2v) is 5.86. The van der Waals surface area contributed by atoms with E-state index in [2.05, 4.69) is 39.9 Å². The van der Waals surface area contributed by atoms with Gasteiger partial charge in [0, 0.05) is 24.1 Å². The first-order chi connectivity index (χ1) is 9.10. The van der Waals surface area contributed by atoms with Crippen LogP contribution in [0, 0.1) is 6.92 Å². The molecule has 1 aromatic carbocycles. The summed E-state index contributed by atoms with van der Waals surface area (Å²) in [6.45, 7) is 7.20. The number of rotatable bonds is 4. The van der Waals surface area contributed by atoms with E-state index in [1.165, 1.54) is 16.7 Å². The third-order valence-electron chi connectivity index (χ3n) is 3.54. The van der Waals surface area contributed by atoms with Crippen molar-refractivity contribution in [2.75, 3.05) is 19.7 Å². The van der Waals surface area contributed by atoms with Crippen molar-refractivity contribution in [2.24, 2.45) is 0 Å². The van der Waals surface area contributed by atoms with Gasteiger partial charge in [0.2, 0.25) is 0 Å². The lowest BCUT2D eigenvalue weighted by Crippen LogP contribution is -2.33. The fraction of sp³-hybridized carbons (Fsp3) is 0.533. The highest BCUT2D eigenvalue weighted by Crippen LogP contribution is 2.26. The van der Waals surface area contributed by atoms with E-state index in [-0.39, 0.29) is 5.97 Å². The van der Waals surface area contributed by atoms with Crippen molar-refractivity contribution in [3.8, 4) is 0 Å². The van der Waals surface area contributed by atoms with Gasteiger partial charge in [-0.2, -0.15) is 0 Å². The third kappa shape index (κ3) is 3.80. The summed E-state index contributed by atoms with van der Waals surface area (Å²) in [5.41, 5.74) is 4.20. The van der Waals surface area contributed by atoms with E-state index >= 15 is 0 Å². The fourth-order valence-corrected chi connectivity index (χ4v) is 3.22. The maximum atomic E-state index is 11.4. The van der Waals surface area contributed by atoms with Gasteiger partial charge in [-0.25, -0.2) is 0 Å². The van der Waals surface area contributed by atoms with E-state index in [0.29, 0.717) is 13.0 Å². The lowest BCUT2D eigenvalue weighted by molar-refractivity contribution is -0.143. The molecule has 0 fully saturated rings. The average molecular weight is 326 g/mol. The number of carbonyl (C=O) groups is 1. The van der Waals surface area contributed by atoms with E-state index in [0.717, 1.165) is 30.5 Å². The lowest BCUT2D eigenvalue weighted by atomic mass is 9.95. The summed E-state index contributed by atoms with van der Waals surface area (Å²) < 4.78 is 6.10. The molecule has 2 rings (SSSR count). The number of nitrogens with zero attached hydrogens (tertiary/aromatic N) is 1. The minimum Gasteiger partial charge on any atom is -0.466 e. The zero-order valence-corrected chi connectivity index (χ0v) is 13.1. The first-order valence-corrected chi connectivity index (χ1v) is 7.55. The molecule has 0 unspecified atom stereocenters. The first kappa shape index (κ1) is 14.5. The number of fused-ring (bicyclic) bond motifs is 1. The molecule has 1 aliphatic rings. The highest BCUT2D eigenvalue weighted by Gasteiger charge is 2.18. The van der Waals surface area contributed by atoms with Crippen molar-refractivity contribution in [3.63, 3.8) is 0 Å². The Morgan fingerprint density at radius 1 is 1.47 bits per heavy atom. The number of aryl methyl sites for hydroxylation is 1. The second kappa shape index (κ2) is 6.53. The molecular formula is C15H20BrNO2. The summed E-state index contributed by atoms with van der Waals surface area (Å²) in [5.74, 6) is -0.0984. The molecule has 19 heavy (non-hydrogen) atoms. The number of halogens is 1. The highest BCUT2D eigenvalue weighted by atomic mass is 79.9. The van der Waals surface area contributed by atoms with Crippen molar-refractivity contribution in [1.29, 1.82) is 0 Å². The van der Waals surface area contributed by atoms with Crippen LogP contribution in [-0.2, 0) is 22.5 Å². The van der Waals surface area contributed by atoms with Crippen molar-refractivity contribution < 1.29 is 9.53 Å². The average Bonchev–Trinajstić information content (AvgIpc) is 2.36. The van der Waals surface area contributed by atoms with Crippen LogP contribution >= 0.6 is 15.9 Å². The van der Waals surface area contributed by atoms with Crippen LogP contribution in [0.25, 0.3) is 0 Å². The number of esters is 1. The van der Waals surface area contributed by atoms with Gasteiger partial charge in [-0.05, 0) is 49.1 Å². The molecule has 0 radical (unpaired) electrons. The van der Waals surface area contributed by atoms with E-state index < -0.39 is 0 Å². The minimum absolute atomic E-state index is 0.0984. The molecule has 0 aliphatic carbocycles. The third-order valence-corrected chi connectivity index (χ3v) is 4.00. The van der Waals surface area contributed by atoms with E-state index in [1.54, 1.807) is 0 Å². The molecule has 4 heteroatoms. The summed E-state index contributed by atoms with van der Waals surface area (Å²) in [7, 11) is 0. The second-order valence-electron chi connectivity index (χ2n) is 4.94. The number of carbonyl (C=O) groups excluding carboxylic acids is 1. The fourth-order valence-electron chi connectivity index (χ4n) is 2.60. The van der Waals surface area contributed by atoms with Gasteiger partial charge in [0.05, 0.1) is 13.0 Å². The summed E-state index contributed by atoms with van der Waals surface area (Å²) in [6, 6.07) is 4.37. The largest absolute Gasteiger partial charge is 0.466 e. The molecule has 104 valence electrons. The van der Waals surface area contributed by atoms with Crippen LogP contribution in [0.15, 0.2) is 16.6 Å². The Bertz CT molecular complexity index is 473. The zero-order valence-electron chi connectivity index (χ0n) is 11.5. The standard InChI is InChI=1S/C15H20BrNO2/c1-3-19-15(18)5-7-17-6-4-14-11(2)8-13(16)9-12(14)10-17/h8-9H,3-7,10H2,1-2H3. The van der Waals surface area contributed by atoms with Gasteiger partial charge in [0.15, 0.2) is 0 Å². The summed E-state index contributed by atoms with van der Waals surface area (Å²) in [4.78, 5) is 13.7. The topological polar surface area (TPSA) is 29.5 Å². The van der Waals surface area contributed by atoms with Crippen LogP contribution < -0.4 is 0 Å². The molecule has 0 saturated carbocycles. The summed E-state index contributed by atoms with van der Waals surface area (Å²) >= 11 is 3.55. The van der Waals surface area contributed by atoms with Crippen molar-refractivity contribution in [1.82, 2.24) is 4.90 Å². The first-order valence-electron chi connectivity index (χ1n) is 6.76. The maximum Gasteiger partial charge on any atom is 0.307 e. The molecule has 1 heterocycles. The Hall–Kier alpha value is -0.870. The van der Waals surface area contributed by atoms with Gasteiger partial charge in [-0.1, -0.05) is 15.9 Å². The van der Waals surface area contributed by atoms with Crippen LogP contribution in [0.5, 0.6) is 0 Å². The van der Waals surface area contributed by atoms with Gasteiger partial charge >= 0.3 is 5.97 Å². The molecule has 1 aromatic rings. The van der Waals surface area contributed by atoms with Gasteiger partial charge in [0.1, 0.15) is 0 Å².